The summed E-state index contributed by atoms with van der Waals surface area (Å²) in [5.41, 5.74) is -0.246. The van der Waals surface area contributed by atoms with E-state index in [9.17, 15) is 9.59 Å². The summed E-state index contributed by atoms with van der Waals surface area (Å²) in [7, 11) is 0. The lowest BCUT2D eigenvalue weighted by molar-refractivity contribution is -0.143. The molecule has 3 heteroatoms. The molecule has 0 bridgehead atoms. The monoisotopic (exact) mass is 212 g/mol. The van der Waals surface area contributed by atoms with Crippen LogP contribution < -0.4 is 0 Å². The molecule has 2 atom stereocenters. The molecule has 0 aromatic heterocycles. The summed E-state index contributed by atoms with van der Waals surface area (Å²) < 4.78 is 5.05. The second kappa shape index (κ2) is 4.33. The van der Waals surface area contributed by atoms with Crippen LogP contribution >= 0.6 is 0 Å². The maximum absolute atomic E-state index is 12.1. The molecule has 1 rings (SSSR count). The van der Waals surface area contributed by atoms with Gasteiger partial charge in [0.15, 0.2) is 0 Å². The predicted molar refractivity (Wildman–Crippen MR) is 57.3 cm³/mol. The quantitative estimate of drug-likeness (QED) is 0.671. The van der Waals surface area contributed by atoms with E-state index in [0.717, 1.165) is 12.8 Å². The van der Waals surface area contributed by atoms with E-state index in [1.165, 1.54) is 0 Å². The van der Waals surface area contributed by atoms with Gasteiger partial charge in [-0.25, -0.2) is 0 Å². The summed E-state index contributed by atoms with van der Waals surface area (Å²) in [6, 6.07) is 0. The molecule has 0 aromatic carbocycles. The SMILES string of the molecule is CC(C)C(OC=O)C1CCC(C)(C)C1=O. The second-order valence-electron chi connectivity index (χ2n) is 5.33. The lowest BCUT2D eigenvalue weighted by atomic mass is 9.85. The zero-order valence-electron chi connectivity index (χ0n) is 9.95. The van der Waals surface area contributed by atoms with Crippen molar-refractivity contribution in [3.63, 3.8) is 0 Å². The van der Waals surface area contributed by atoms with E-state index in [1.807, 2.05) is 27.7 Å². The van der Waals surface area contributed by atoms with Crippen molar-refractivity contribution >= 4 is 12.3 Å². The number of Topliss-reactive ketones (excluding diaryl/α,β-unsaturated/α-hetero) is 1. The van der Waals surface area contributed by atoms with Crippen molar-refractivity contribution < 1.29 is 14.3 Å². The first-order valence-electron chi connectivity index (χ1n) is 5.53. The number of ether oxygens (including phenoxy) is 1. The van der Waals surface area contributed by atoms with Crippen molar-refractivity contribution in [3.8, 4) is 0 Å². The third kappa shape index (κ3) is 2.39. The average molecular weight is 212 g/mol. The van der Waals surface area contributed by atoms with Gasteiger partial charge >= 0.3 is 0 Å². The van der Waals surface area contributed by atoms with E-state index in [-0.39, 0.29) is 29.1 Å². The first-order chi connectivity index (χ1) is 6.90. The van der Waals surface area contributed by atoms with Crippen molar-refractivity contribution in [3.05, 3.63) is 0 Å². The zero-order valence-corrected chi connectivity index (χ0v) is 9.95. The van der Waals surface area contributed by atoms with E-state index >= 15 is 0 Å². The Bertz CT molecular complexity index is 256. The van der Waals surface area contributed by atoms with Gasteiger partial charge in [-0.15, -0.1) is 0 Å². The largest absolute Gasteiger partial charge is 0.464 e. The smallest absolute Gasteiger partial charge is 0.293 e. The fraction of sp³-hybridized carbons (Fsp3) is 0.833. The number of carbonyl (C=O) groups is 2. The van der Waals surface area contributed by atoms with Gasteiger partial charge in [-0.05, 0) is 18.8 Å². The van der Waals surface area contributed by atoms with Gasteiger partial charge in [0.25, 0.3) is 6.47 Å². The third-order valence-corrected chi connectivity index (χ3v) is 3.35. The minimum absolute atomic E-state index is 0.106. The topological polar surface area (TPSA) is 43.4 Å². The Morgan fingerprint density at radius 1 is 1.47 bits per heavy atom. The minimum Gasteiger partial charge on any atom is -0.464 e. The molecule has 86 valence electrons. The summed E-state index contributed by atoms with van der Waals surface area (Å²) >= 11 is 0. The molecule has 0 heterocycles. The number of carbonyl (C=O) groups excluding carboxylic acids is 2. The number of ketones is 1. The van der Waals surface area contributed by atoms with Gasteiger partial charge < -0.3 is 4.74 Å². The molecule has 0 amide bonds. The fourth-order valence-corrected chi connectivity index (χ4v) is 2.37. The van der Waals surface area contributed by atoms with Crippen LogP contribution in [0, 0.1) is 17.3 Å². The third-order valence-electron chi connectivity index (χ3n) is 3.35. The van der Waals surface area contributed by atoms with Crippen LogP contribution in [0.2, 0.25) is 0 Å². The van der Waals surface area contributed by atoms with Gasteiger partial charge in [-0.2, -0.15) is 0 Å². The molecule has 3 nitrogen and oxygen atoms in total. The molecule has 0 spiro atoms. The normalized spacial score (nSPS) is 26.7. The van der Waals surface area contributed by atoms with Gasteiger partial charge in [0.2, 0.25) is 0 Å². The Hall–Kier alpha value is -0.860. The van der Waals surface area contributed by atoms with Crippen LogP contribution in [0.3, 0.4) is 0 Å². The zero-order chi connectivity index (χ0) is 11.6. The molecule has 0 saturated heterocycles. The Morgan fingerprint density at radius 2 is 2.07 bits per heavy atom. The maximum atomic E-state index is 12.1. The van der Waals surface area contributed by atoms with Gasteiger partial charge in [0.1, 0.15) is 11.9 Å². The van der Waals surface area contributed by atoms with Gasteiger partial charge in [0.05, 0.1) is 5.92 Å². The van der Waals surface area contributed by atoms with Crippen molar-refractivity contribution in [2.45, 2.75) is 46.6 Å². The molecule has 1 fully saturated rings. The van der Waals surface area contributed by atoms with E-state index in [2.05, 4.69) is 0 Å². The lowest BCUT2D eigenvalue weighted by Crippen LogP contribution is -2.35. The molecule has 0 aromatic rings. The molecule has 1 saturated carbocycles. The highest BCUT2D eigenvalue weighted by atomic mass is 16.5. The molecule has 0 aliphatic heterocycles. The average Bonchev–Trinajstić information content (AvgIpc) is 2.39. The second-order valence-corrected chi connectivity index (χ2v) is 5.33. The highest BCUT2D eigenvalue weighted by Gasteiger charge is 2.45. The summed E-state index contributed by atoms with van der Waals surface area (Å²) in [5.74, 6) is 0.325. The molecule has 0 N–H and O–H groups in total. The van der Waals surface area contributed by atoms with Crippen molar-refractivity contribution in [2.75, 3.05) is 0 Å². The molecular weight excluding hydrogens is 192 g/mol. The Labute approximate surface area is 91.2 Å². The van der Waals surface area contributed by atoms with Gasteiger partial charge in [0, 0.05) is 5.41 Å². The maximum Gasteiger partial charge on any atom is 0.293 e. The lowest BCUT2D eigenvalue weighted by Gasteiger charge is -2.25. The first kappa shape index (κ1) is 12.2. The van der Waals surface area contributed by atoms with Crippen molar-refractivity contribution in [1.29, 1.82) is 0 Å². The molecule has 15 heavy (non-hydrogen) atoms. The summed E-state index contributed by atoms with van der Waals surface area (Å²) in [6.07, 6.45) is 1.47. The Morgan fingerprint density at radius 3 is 2.40 bits per heavy atom. The number of hydrogen-bond donors (Lipinski definition) is 0. The fourth-order valence-electron chi connectivity index (χ4n) is 2.37. The molecule has 2 unspecified atom stereocenters. The molecule has 1 aliphatic carbocycles. The first-order valence-corrected chi connectivity index (χ1v) is 5.53. The molecule has 1 aliphatic rings. The number of rotatable bonds is 4. The summed E-state index contributed by atoms with van der Waals surface area (Å²) in [6.45, 7) is 8.35. The van der Waals surface area contributed by atoms with Crippen molar-refractivity contribution in [1.82, 2.24) is 0 Å². The van der Waals surface area contributed by atoms with Gasteiger partial charge in [-0.1, -0.05) is 27.7 Å². The standard InChI is InChI=1S/C12H20O3/c1-8(2)10(15-7-13)9-5-6-12(3,4)11(9)14/h7-10H,5-6H2,1-4H3. The van der Waals surface area contributed by atoms with Crippen LogP contribution in [-0.4, -0.2) is 18.4 Å². The minimum atomic E-state index is -0.253. The van der Waals surface area contributed by atoms with E-state index in [0.29, 0.717) is 6.47 Å². The molecular formula is C12H20O3. The van der Waals surface area contributed by atoms with Gasteiger partial charge in [-0.3, -0.25) is 9.59 Å². The van der Waals surface area contributed by atoms with E-state index in [1.54, 1.807) is 0 Å². The predicted octanol–water partition coefficient (Wildman–Crippen LogP) is 2.19. The Balaban J connectivity index is 2.78. The van der Waals surface area contributed by atoms with Crippen LogP contribution in [0.1, 0.15) is 40.5 Å². The number of hydrogen-bond acceptors (Lipinski definition) is 3. The van der Waals surface area contributed by atoms with Crippen molar-refractivity contribution in [2.24, 2.45) is 17.3 Å². The summed E-state index contributed by atoms with van der Waals surface area (Å²) in [5, 5.41) is 0. The van der Waals surface area contributed by atoms with Crippen LogP contribution in [0.25, 0.3) is 0 Å². The highest BCUT2D eigenvalue weighted by molar-refractivity contribution is 5.89. The van der Waals surface area contributed by atoms with E-state index < -0.39 is 0 Å². The van der Waals surface area contributed by atoms with Crippen LogP contribution in [0.15, 0.2) is 0 Å². The highest BCUT2D eigenvalue weighted by Crippen LogP contribution is 2.41. The molecule has 0 radical (unpaired) electrons. The van der Waals surface area contributed by atoms with E-state index in [4.69, 9.17) is 4.74 Å². The summed E-state index contributed by atoms with van der Waals surface area (Å²) in [4.78, 5) is 22.5. The van der Waals surface area contributed by atoms with Crippen LogP contribution in [0.5, 0.6) is 0 Å². The van der Waals surface area contributed by atoms with Crippen LogP contribution in [0.4, 0.5) is 0 Å². The van der Waals surface area contributed by atoms with Crippen LogP contribution in [-0.2, 0) is 14.3 Å². The Kier molecular flexibility index (Phi) is 3.53.